The largest absolute Gasteiger partial charge is 0.256 e. The molecule has 2 heteroatoms. The van der Waals surface area contributed by atoms with Crippen molar-refractivity contribution in [1.29, 1.82) is 0 Å². The van der Waals surface area contributed by atoms with E-state index in [1.807, 2.05) is 73.1 Å². The van der Waals surface area contributed by atoms with E-state index in [0.717, 1.165) is 11.0 Å². The van der Waals surface area contributed by atoms with E-state index >= 15 is 0 Å². The van der Waals surface area contributed by atoms with E-state index in [9.17, 15) is 0 Å². The number of benzene rings is 3. The first-order chi connectivity index (χ1) is 12.9. The maximum absolute atomic E-state index is 4.46. The molecule has 0 aliphatic carbocycles. The number of rotatable bonds is 1. The van der Waals surface area contributed by atoms with Gasteiger partial charge in [-0.15, -0.1) is 0 Å². The Morgan fingerprint density at radius 2 is 1.08 bits per heavy atom. The minimum Gasteiger partial charge on any atom is -0.256 e. The van der Waals surface area contributed by atoms with E-state index in [4.69, 9.17) is 0 Å². The van der Waals surface area contributed by atoms with Crippen LogP contribution in [0.1, 0.15) is 0 Å². The fraction of sp³-hybridized carbons (Fsp3) is 0. The van der Waals surface area contributed by atoms with E-state index in [1.165, 1.54) is 21.9 Å². The molecule has 124 valence electrons. The molecular weight excluding hydrogens is 316 g/mol. The van der Waals surface area contributed by atoms with Crippen molar-refractivity contribution in [3.63, 3.8) is 0 Å². The molecular formula is C24H18N2. The zero-order chi connectivity index (χ0) is 17.6. The SMILES string of the molecule is c1ccc(-c2cnc3ccccc3c2)cc1.c1ccc2ncccc2c1. The van der Waals surface area contributed by atoms with Gasteiger partial charge >= 0.3 is 0 Å². The summed E-state index contributed by atoms with van der Waals surface area (Å²) >= 11 is 0. The second-order valence-corrected chi connectivity index (χ2v) is 5.98. The fourth-order valence-corrected chi connectivity index (χ4v) is 2.88. The Kier molecular flexibility index (Phi) is 4.66. The molecule has 0 unspecified atom stereocenters. The van der Waals surface area contributed by atoms with E-state index in [1.54, 1.807) is 0 Å². The average Bonchev–Trinajstić information content (AvgIpc) is 2.74. The van der Waals surface area contributed by atoms with Crippen molar-refractivity contribution in [1.82, 2.24) is 9.97 Å². The summed E-state index contributed by atoms with van der Waals surface area (Å²) in [5, 5.41) is 2.38. The molecule has 2 aromatic heterocycles. The molecule has 0 aliphatic rings. The zero-order valence-electron chi connectivity index (χ0n) is 14.3. The van der Waals surface area contributed by atoms with Crippen molar-refractivity contribution in [3.05, 3.63) is 109 Å². The summed E-state index contributed by atoms with van der Waals surface area (Å²) in [6, 6.07) is 32.8. The highest BCUT2D eigenvalue weighted by Gasteiger charge is 1.99. The molecule has 0 saturated carbocycles. The second-order valence-electron chi connectivity index (χ2n) is 5.98. The number of aromatic nitrogens is 2. The van der Waals surface area contributed by atoms with Crippen LogP contribution in [0.5, 0.6) is 0 Å². The summed E-state index contributed by atoms with van der Waals surface area (Å²) in [6.07, 6.45) is 3.74. The third kappa shape index (κ3) is 3.60. The van der Waals surface area contributed by atoms with Gasteiger partial charge in [0.2, 0.25) is 0 Å². The van der Waals surface area contributed by atoms with Crippen LogP contribution in [0.4, 0.5) is 0 Å². The first-order valence-corrected chi connectivity index (χ1v) is 8.60. The van der Waals surface area contributed by atoms with Crippen LogP contribution >= 0.6 is 0 Å². The Labute approximate surface area is 152 Å². The summed E-state index contributed by atoms with van der Waals surface area (Å²) in [7, 11) is 0. The number of hydrogen-bond donors (Lipinski definition) is 0. The van der Waals surface area contributed by atoms with Gasteiger partial charge in [0.05, 0.1) is 11.0 Å². The quantitative estimate of drug-likeness (QED) is 0.368. The standard InChI is InChI=1S/C15H11N.C9H7N/c1-2-6-12(7-3-1)14-10-13-8-4-5-9-15(13)16-11-14;1-2-6-9-8(4-1)5-3-7-10-9/h1-11H;1-7H. The van der Waals surface area contributed by atoms with E-state index in [0.29, 0.717) is 0 Å². The molecule has 0 saturated heterocycles. The number of pyridine rings is 2. The Balaban J connectivity index is 0.000000144. The van der Waals surface area contributed by atoms with E-state index < -0.39 is 0 Å². The monoisotopic (exact) mass is 334 g/mol. The molecule has 2 nitrogen and oxygen atoms in total. The van der Waals surface area contributed by atoms with Crippen molar-refractivity contribution < 1.29 is 0 Å². The molecule has 2 heterocycles. The Bertz CT molecular complexity index is 1070. The first-order valence-electron chi connectivity index (χ1n) is 8.60. The van der Waals surface area contributed by atoms with Gasteiger partial charge in [-0.05, 0) is 29.8 Å². The van der Waals surface area contributed by atoms with Crippen LogP contribution in [0.2, 0.25) is 0 Å². The third-order valence-electron chi connectivity index (χ3n) is 4.21. The van der Waals surface area contributed by atoms with Crippen LogP contribution in [0.15, 0.2) is 109 Å². The van der Waals surface area contributed by atoms with Gasteiger partial charge in [-0.3, -0.25) is 9.97 Å². The van der Waals surface area contributed by atoms with Gasteiger partial charge in [-0.25, -0.2) is 0 Å². The Morgan fingerprint density at radius 3 is 1.85 bits per heavy atom. The molecule has 5 rings (SSSR count). The van der Waals surface area contributed by atoms with Crippen molar-refractivity contribution in [2.24, 2.45) is 0 Å². The molecule has 3 aromatic carbocycles. The van der Waals surface area contributed by atoms with E-state index in [2.05, 4.69) is 46.4 Å². The van der Waals surface area contributed by atoms with Gasteiger partial charge in [0.25, 0.3) is 0 Å². The number of para-hydroxylation sites is 2. The van der Waals surface area contributed by atoms with Gasteiger partial charge in [0.15, 0.2) is 0 Å². The van der Waals surface area contributed by atoms with Crippen molar-refractivity contribution in [3.8, 4) is 11.1 Å². The summed E-state index contributed by atoms with van der Waals surface area (Å²) in [6.45, 7) is 0. The van der Waals surface area contributed by atoms with Gasteiger partial charge in [0.1, 0.15) is 0 Å². The lowest BCUT2D eigenvalue weighted by molar-refractivity contribution is 1.41. The van der Waals surface area contributed by atoms with Gasteiger partial charge < -0.3 is 0 Å². The fourth-order valence-electron chi connectivity index (χ4n) is 2.88. The molecule has 0 aliphatic heterocycles. The number of fused-ring (bicyclic) bond motifs is 2. The van der Waals surface area contributed by atoms with Crippen molar-refractivity contribution >= 4 is 21.8 Å². The molecule has 0 radical (unpaired) electrons. The summed E-state index contributed by atoms with van der Waals surface area (Å²) in [4.78, 5) is 8.64. The van der Waals surface area contributed by atoms with Crippen LogP contribution < -0.4 is 0 Å². The zero-order valence-corrected chi connectivity index (χ0v) is 14.3. The third-order valence-corrected chi connectivity index (χ3v) is 4.21. The maximum Gasteiger partial charge on any atom is 0.0702 e. The number of hydrogen-bond acceptors (Lipinski definition) is 2. The minimum absolute atomic E-state index is 1.04. The second kappa shape index (κ2) is 7.58. The van der Waals surface area contributed by atoms with Crippen molar-refractivity contribution in [2.45, 2.75) is 0 Å². The molecule has 0 bridgehead atoms. The summed E-state index contributed by atoms with van der Waals surface area (Å²) < 4.78 is 0. The highest BCUT2D eigenvalue weighted by Crippen LogP contribution is 2.21. The van der Waals surface area contributed by atoms with E-state index in [-0.39, 0.29) is 0 Å². The van der Waals surface area contributed by atoms with Gasteiger partial charge in [-0.2, -0.15) is 0 Å². The van der Waals surface area contributed by atoms with Crippen LogP contribution in [0.25, 0.3) is 32.9 Å². The highest BCUT2D eigenvalue weighted by atomic mass is 14.6. The van der Waals surface area contributed by atoms with Crippen LogP contribution in [0.3, 0.4) is 0 Å². The molecule has 5 aromatic rings. The Morgan fingerprint density at radius 1 is 0.462 bits per heavy atom. The van der Waals surface area contributed by atoms with Crippen LogP contribution in [-0.2, 0) is 0 Å². The maximum atomic E-state index is 4.46. The van der Waals surface area contributed by atoms with Crippen LogP contribution in [0, 0.1) is 0 Å². The molecule has 0 spiro atoms. The minimum atomic E-state index is 1.04. The predicted molar refractivity (Wildman–Crippen MR) is 109 cm³/mol. The molecule has 26 heavy (non-hydrogen) atoms. The molecule has 0 atom stereocenters. The lowest BCUT2D eigenvalue weighted by Crippen LogP contribution is -1.81. The van der Waals surface area contributed by atoms with Crippen molar-refractivity contribution in [2.75, 3.05) is 0 Å². The molecule has 0 fully saturated rings. The smallest absolute Gasteiger partial charge is 0.0702 e. The first kappa shape index (κ1) is 16.0. The lowest BCUT2D eigenvalue weighted by atomic mass is 10.1. The highest BCUT2D eigenvalue weighted by molar-refractivity contribution is 5.83. The summed E-state index contributed by atoms with van der Waals surface area (Å²) in [5.74, 6) is 0. The molecule has 0 N–H and O–H groups in total. The lowest BCUT2D eigenvalue weighted by Gasteiger charge is -2.02. The molecule has 0 amide bonds. The van der Waals surface area contributed by atoms with Gasteiger partial charge in [0, 0.05) is 28.7 Å². The Hall–Kier alpha value is -3.52. The predicted octanol–water partition coefficient (Wildman–Crippen LogP) is 6.14. The normalized spacial score (nSPS) is 10.3. The summed E-state index contributed by atoms with van der Waals surface area (Å²) in [5.41, 5.74) is 4.48. The average molecular weight is 334 g/mol. The number of nitrogens with zero attached hydrogens (tertiary/aromatic N) is 2. The topological polar surface area (TPSA) is 25.8 Å². The van der Waals surface area contributed by atoms with Crippen LogP contribution in [-0.4, -0.2) is 9.97 Å². The van der Waals surface area contributed by atoms with Gasteiger partial charge in [-0.1, -0.05) is 72.8 Å².